The molecule has 2 aromatic heterocycles. The topological polar surface area (TPSA) is 78.5 Å². The minimum Gasteiger partial charge on any atom is -0.465 e. The molecule has 0 bridgehead atoms. The van der Waals surface area contributed by atoms with E-state index in [1.807, 2.05) is 22.6 Å². The molecule has 0 radical (unpaired) electrons. The van der Waals surface area contributed by atoms with Crippen molar-refractivity contribution in [1.29, 1.82) is 0 Å². The molecule has 1 aliphatic rings. The summed E-state index contributed by atoms with van der Waals surface area (Å²) in [5.41, 5.74) is 0.582. The van der Waals surface area contributed by atoms with Gasteiger partial charge in [0.2, 0.25) is 5.78 Å². The van der Waals surface area contributed by atoms with Crippen LogP contribution in [0.5, 0.6) is 0 Å². The van der Waals surface area contributed by atoms with Crippen LogP contribution in [-0.4, -0.2) is 37.0 Å². The Kier molecular flexibility index (Phi) is 3.61. The zero-order valence-corrected chi connectivity index (χ0v) is 13.5. The summed E-state index contributed by atoms with van der Waals surface area (Å²) in [7, 11) is 0. The minimum absolute atomic E-state index is 0.137. The highest BCUT2D eigenvalue weighted by molar-refractivity contribution is 8.00. The highest BCUT2D eigenvalue weighted by Gasteiger charge is 2.30. The molecule has 1 aromatic carbocycles. The van der Waals surface area contributed by atoms with Gasteiger partial charge in [-0.2, -0.15) is 0 Å². The average Bonchev–Trinajstić information content (AvgIpc) is 3.19. The van der Waals surface area contributed by atoms with Gasteiger partial charge in [-0.05, 0) is 12.1 Å². The SMILES string of the molecule is C=CCn1c(=O)c2ccccc2n2c(S[C@@H]3CCOC3=O)nnc12. The molecule has 1 saturated heterocycles. The van der Waals surface area contributed by atoms with Crippen molar-refractivity contribution in [3.05, 3.63) is 47.3 Å². The van der Waals surface area contributed by atoms with Gasteiger partial charge in [0.1, 0.15) is 5.25 Å². The Bertz CT molecular complexity index is 1020. The third kappa shape index (κ3) is 2.22. The van der Waals surface area contributed by atoms with Gasteiger partial charge in [0.15, 0.2) is 5.16 Å². The van der Waals surface area contributed by atoms with Crippen LogP contribution in [0.4, 0.5) is 0 Å². The molecule has 3 heterocycles. The molecule has 7 nitrogen and oxygen atoms in total. The Labute approximate surface area is 140 Å². The Morgan fingerprint density at radius 1 is 1.33 bits per heavy atom. The normalized spacial score (nSPS) is 17.5. The number of hydrogen-bond acceptors (Lipinski definition) is 6. The number of thioether (sulfide) groups is 1. The number of cyclic esters (lactones) is 1. The molecular formula is C16H14N4O3S. The van der Waals surface area contributed by atoms with Crippen molar-refractivity contribution < 1.29 is 9.53 Å². The molecule has 1 fully saturated rings. The molecule has 0 spiro atoms. The lowest BCUT2D eigenvalue weighted by molar-refractivity contribution is -0.137. The van der Waals surface area contributed by atoms with E-state index in [2.05, 4.69) is 16.8 Å². The highest BCUT2D eigenvalue weighted by Crippen LogP contribution is 2.29. The second-order valence-electron chi connectivity index (χ2n) is 5.40. The summed E-state index contributed by atoms with van der Waals surface area (Å²) in [4.78, 5) is 24.4. The highest BCUT2D eigenvalue weighted by atomic mass is 32.2. The monoisotopic (exact) mass is 342 g/mol. The number of carbonyl (C=O) groups excluding carboxylic acids is 1. The molecule has 122 valence electrons. The van der Waals surface area contributed by atoms with Crippen LogP contribution in [0, 0.1) is 0 Å². The van der Waals surface area contributed by atoms with E-state index in [9.17, 15) is 9.59 Å². The molecular weight excluding hydrogens is 328 g/mol. The third-order valence-corrected chi connectivity index (χ3v) is 5.11. The lowest BCUT2D eigenvalue weighted by Gasteiger charge is -2.10. The lowest BCUT2D eigenvalue weighted by Crippen LogP contribution is -2.23. The summed E-state index contributed by atoms with van der Waals surface area (Å²) < 4.78 is 8.35. The fourth-order valence-corrected chi connectivity index (χ4v) is 3.82. The first-order valence-corrected chi connectivity index (χ1v) is 8.39. The maximum absolute atomic E-state index is 12.7. The first kappa shape index (κ1) is 14.9. The van der Waals surface area contributed by atoms with E-state index in [1.54, 1.807) is 12.1 Å². The van der Waals surface area contributed by atoms with E-state index in [-0.39, 0.29) is 16.8 Å². The number of fused-ring (bicyclic) bond motifs is 3. The molecule has 0 saturated carbocycles. The number of hydrogen-bond donors (Lipinski definition) is 0. The molecule has 0 amide bonds. The van der Waals surface area contributed by atoms with Gasteiger partial charge in [0.25, 0.3) is 5.56 Å². The van der Waals surface area contributed by atoms with E-state index in [1.165, 1.54) is 16.3 Å². The number of allylic oxidation sites excluding steroid dienone is 1. The third-order valence-electron chi connectivity index (χ3n) is 3.92. The second kappa shape index (κ2) is 5.79. The average molecular weight is 342 g/mol. The quantitative estimate of drug-likeness (QED) is 0.530. The van der Waals surface area contributed by atoms with Gasteiger partial charge in [-0.1, -0.05) is 30.0 Å². The molecule has 1 atom stereocenters. The number of esters is 1. The molecule has 0 unspecified atom stereocenters. The van der Waals surface area contributed by atoms with Crippen molar-refractivity contribution in [3.63, 3.8) is 0 Å². The maximum atomic E-state index is 12.7. The smallest absolute Gasteiger partial charge is 0.319 e. The Hall–Kier alpha value is -2.61. The fraction of sp³-hybridized carbons (Fsp3) is 0.250. The van der Waals surface area contributed by atoms with Crippen LogP contribution in [0.1, 0.15) is 6.42 Å². The Balaban J connectivity index is 1.98. The van der Waals surface area contributed by atoms with E-state index in [0.717, 1.165) is 5.52 Å². The van der Waals surface area contributed by atoms with E-state index < -0.39 is 0 Å². The molecule has 4 rings (SSSR count). The number of carbonyl (C=O) groups is 1. The molecule has 8 heteroatoms. The van der Waals surface area contributed by atoms with Gasteiger partial charge < -0.3 is 4.74 Å². The van der Waals surface area contributed by atoms with Crippen molar-refractivity contribution in [1.82, 2.24) is 19.2 Å². The van der Waals surface area contributed by atoms with Gasteiger partial charge in [0, 0.05) is 13.0 Å². The van der Waals surface area contributed by atoms with Crippen LogP contribution >= 0.6 is 11.8 Å². The van der Waals surface area contributed by atoms with Crippen LogP contribution < -0.4 is 5.56 Å². The van der Waals surface area contributed by atoms with Crippen LogP contribution in [0.2, 0.25) is 0 Å². The summed E-state index contributed by atoms with van der Waals surface area (Å²) >= 11 is 1.32. The second-order valence-corrected chi connectivity index (χ2v) is 6.57. The van der Waals surface area contributed by atoms with Crippen molar-refractivity contribution in [2.45, 2.75) is 23.4 Å². The predicted molar refractivity (Wildman–Crippen MR) is 90.2 cm³/mol. The van der Waals surface area contributed by atoms with E-state index in [0.29, 0.717) is 35.9 Å². The summed E-state index contributed by atoms with van der Waals surface area (Å²) in [5, 5.41) is 9.22. The van der Waals surface area contributed by atoms with Gasteiger partial charge in [-0.25, -0.2) is 0 Å². The first-order chi connectivity index (χ1) is 11.7. The molecule has 3 aromatic rings. The summed E-state index contributed by atoms with van der Waals surface area (Å²) in [6.45, 7) is 4.46. The van der Waals surface area contributed by atoms with Crippen LogP contribution in [-0.2, 0) is 16.1 Å². The first-order valence-electron chi connectivity index (χ1n) is 7.51. The van der Waals surface area contributed by atoms with Crippen molar-refractivity contribution in [3.8, 4) is 0 Å². The number of nitrogens with zero attached hydrogens (tertiary/aromatic N) is 4. The summed E-state index contributed by atoms with van der Waals surface area (Å²) in [6, 6.07) is 7.30. The standard InChI is InChI=1S/C16H14N4O3S/c1-2-8-19-13(21)10-5-3-4-6-11(10)20-15(19)17-18-16(20)24-12-7-9-23-14(12)22/h2-6,12H,1,7-9H2/t12-/m1/s1. The predicted octanol–water partition coefficient (Wildman–Crippen LogP) is 1.64. The number of aromatic nitrogens is 4. The van der Waals surface area contributed by atoms with Crippen molar-refractivity contribution in [2.24, 2.45) is 0 Å². The Morgan fingerprint density at radius 3 is 2.92 bits per heavy atom. The van der Waals surface area contributed by atoms with E-state index in [4.69, 9.17) is 4.74 Å². The fourth-order valence-electron chi connectivity index (χ4n) is 2.82. The van der Waals surface area contributed by atoms with Crippen LogP contribution in [0.3, 0.4) is 0 Å². The zero-order chi connectivity index (χ0) is 16.7. The van der Waals surface area contributed by atoms with Gasteiger partial charge in [-0.3, -0.25) is 18.6 Å². The summed E-state index contributed by atoms with van der Waals surface area (Å²) in [5.74, 6) is 0.202. The molecule has 1 aliphatic heterocycles. The zero-order valence-electron chi connectivity index (χ0n) is 12.7. The van der Waals surface area contributed by atoms with Crippen LogP contribution in [0.15, 0.2) is 46.9 Å². The molecule has 0 aliphatic carbocycles. The maximum Gasteiger partial charge on any atom is 0.319 e. The number of para-hydroxylation sites is 1. The number of benzene rings is 1. The lowest BCUT2D eigenvalue weighted by atomic mass is 10.2. The van der Waals surface area contributed by atoms with Gasteiger partial charge >= 0.3 is 5.97 Å². The minimum atomic E-state index is -0.295. The summed E-state index contributed by atoms with van der Waals surface area (Å²) in [6.07, 6.45) is 2.29. The van der Waals surface area contributed by atoms with Crippen LogP contribution in [0.25, 0.3) is 16.7 Å². The van der Waals surface area contributed by atoms with E-state index >= 15 is 0 Å². The van der Waals surface area contributed by atoms with Gasteiger partial charge in [-0.15, -0.1) is 16.8 Å². The number of ether oxygens (including phenoxy) is 1. The largest absolute Gasteiger partial charge is 0.465 e. The van der Waals surface area contributed by atoms with Gasteiger partial charge in [0.05, 0.1) is 17.5 Å². The molecule has 24 heavy (non-hydrogen) atoms. The van der Waals surface area contributed by atoms with Crippen molar-refractivity contribution >= 4 is 34.4 Å². The molecule has 0 N–H and O–H groups in total. The number of rotatable bonds is 4. The Morgan fingerprint density at radius 2 is 2.17 bits per heavy atom. The van der Waals surface area contributed by atoms with Crippen molar-refractivity contribution in [2.75, 3.05) is 6.61 Å².